The first-order valence-corrected chi connectivity index (χ1v) is 42.4. The molecular weight excluding hydrogens is 1590 g/mol. The van der Waals surface area contributed by atoms with E-state index >= 15 is 0 Å². The Bertz CT molecular complexity index is 2960. The normalized spacial score (nSPS) is 16.4. The maximum Gasteiger partial charge on any atom is 0.308 e. The van der Waals surface area contributed by atoms with Gasteiger partial charge in [-0.2, -0.15) is 0 Å². The molecule has 0 radical (unpaired) electrons. The average molecular weight is 1700 g/mol. The number of aliphatic hydroxyl groups is 2. The number of likely N-dealkylation sites (tertiary alicyclic amines) is 2. The van der Waals surface area contributed by atoms with E-state index in [9.17, 15) is 43.8 Å². The number of hydrogen-bond acceptors (Lipinski definition) is 18. The van der Waals surface area contributed by atoms with Gasteiger partial charge in [0, 0.05) is 121 Å². The molecule has 2 aromatic heterocycles. The molecule has 2 aromatic carbocycles. The second-order valence-electron chi connectivity index (χ2n) is 26.9. The predicted molar refractivity (Wildman–Crippen MR) is 411 cm³/mol. The summed E-state index contributed by atoms with van der Waals surface area (Å²) in [6.45, 7) is 29.7. The number of nitrogens with two attached hydrogens (primary N) is 1. The van der Waals surface area contributed by atoms with E-state index in [0.717, 1.165) is 93.9 Å². The summed E-state index contributed by atoms with van der Waals surface area (Å²) < 4.78 is 20.9. The van der Waals surface area contributed by atoms with E-state index < -0.39 is 58.8 Å². The first-order valence-electron chi connectivity index (χ1n) is 33.2. The van der Waals surface area contributed by atoms with Crippen molar-refractivity contribution in [1.29, 1.82) is 0 Å². The molecule has 4 aromatic rings. The summed E-state index contributed by atoms with van der Waals surface area (Å²) in [6, 6.07) is 12.8. The van der Waals surface area contributed by atoms with Crippen LogP contribution in [0.1, 0.15) is 183 Å². The zero-order valence-electron chi connectivity index (χ0n) is 59.2. The standard InChI is InChI=1S/C30H44N4O5S.C22H30N4O3S.C9H17BrO3.C9H18O3.CH4.I2/c1-6-14-39-15-8-7-9-25(36)33-27(30(3,4)5)29(38)34-18-23(35)16-24(34)28(37)31-17-21-10-12-22(13-11-21)26-20(2)32-19-40-26;1-13-18(30-12-25-13)15-7-5-14(6-8-15)10-24-20(28)17-9-16(27)11-26(17)21(29)19(23)22(2,3)4;1-9(2,3)13-8(11)4-6-12-7-5-10;1-2-3-7-12-8-5-4-6-9(10)11;;1-2/h10-13,19,23-24,27,35H,6-9,14-18H2,1-5H3,(H,31,37)(H,33,36);5-8,12,16-17,19,27H,9-11,23H2,1-4H3,(H,24,28);4-7H2,1-3H3;2-8H2,1H3,(H,10,11);1H4;/t23-,24+,27-;16-,17+,19-;;;;/m11..../s1. The Kier molecular flexibility index (Phi) is 45.4. The molecule has 8 N–H and O–H groups in total. The summed E-state index contributed by atoms with van der Waals surface area (Å²) in [5, 5.41) is 38.3. The van der Waals surface area contributed by atoms with Gasteiger partial charge in [0.25, 0.3) is 0 Å². The zero-order valence-corrected chi connectivity index (χ0v) is 66.7. The SMILES string of the molecule is C.CC(C)(C)OC(=O)CCOCCBr.CCCCOCCCCC(=O)O.CCCOCCCCC(=O)N[C@H](C(=O)N1C[C@H](O)C[C@H]1C(=O)NCc1ccc(-c2scnc2C)cc1)C(C)(C)C.Cc1ncsc1-c1ccc(CNC(=O)[C@@H]2C[C@@H](O)CN2C(=O)[C@@H](N)C(C)(C)C)cc1.II. The summed E-state index contributed by atoms with van der Waals surface area (Å²) in [7, 11) is 0. The molecule has 0 spiro atoms. The molecule has 6 atom stereocenters. The largest absolute Gasteiger partial charge is 0.481 e. The van der Waals surface area contributed by atoms with Gasteiger partial charge in [0.05, 0.1) is 70.0 Å². The van der Waals surface area contributed by atoms with E-state index in [2.05, 4.69) is 92.9 Å². The van der Waals surface area contributed by atoms with Crippen molar-refractivity contribution in [2.75, 3.05) is 58.1 Å². The van der Waals surface area contributed by atoms with E-state index in [-0.39, 0.29) is 75.3 Å². The van der Waals surface area contributed by atoms with Crippen LogP contribution < -0.4 is 21.7 Å². The maximum atomic E-state index is 13.7. The number of benzene rings is 2. The van der Waals surface area contributed by atoms with Crippen LogP contribution in [0.15, 0.2) is 59.6 Å². The van der Waals surface area contributed by atoms with Crippen LogP contribution in [0.25, 0.3) is 20.9 Å². The van der Waals surface area contributed by atoms with Crippen LogP contribution in [0.2, 0.25) is 0 Å². The van der Waals surface area contributed by atoms with Crippen LogP contribution >= 0.6 is 75.8 Å². The fourth-order valence-corrected chi connectivity index (χ4v) is 11.7. The number of esters is 1. The second kappa shape index (κ2) is 48.6. The maximum absolute atomic E-state index is 13.7. The topological polar surface area (TPSA) is 311 Å². The van der Waals surface area contributed by atoms with Crippen molar-refractivity contribution in [2.45, 2.75) is 230 Å². The van der Waals surface area contributed by atoms with Gasteiger partial charge in [-0.15, -0.1) is 22.7 Å². The highest BCUT2D eigenvalue weighted by molar-refractivity contribution is 15.0. The number of unbranched alkanes of at least 4 members (excludes halogenated alkanes) is 3. The van der Waals surface area contributed by atoms with Gasteiger partial charge in [0.2, 0.25) is 29.5 Å². The Morgan fingerprint density at radius 2 is 1.06 bits per heavy atom. The fraction of sp³-hybridized carbons (Fsp3) is 0.648. The van der Waals surface area contributed by atoms with Crippen LogP contribution in [0, 0.1) is 24.7 Å². The van der Waals surface area contributed by atoms with Crippen LogP contribution in [0.5, 0.6) is 0 Å². The van der Waals surface area contributed by atoms with Gasteiger partial charge < -0.3 is 65.8 Å². The number of halogens is 3. The van der Waals surface area contributed by atoms with Crippen molar-refractivity contribution in [2.24, 2.45) is 16.6 Å². The number of alkyl halides is 1. The van der Waals surface area contributed by atoms with Crippen LogP contribution in [-0.4, -0.2) is 177 Å². The van der Waals surface area contributed by atoms with Crippen molar-refractivity contribution in [3.63, 3.8) is 0 Å². The van der Waals surface area contributed by atoms with E-state index in [0.29, 0.717) is 65.4 Å². The molecule has 5 amide bonds. The molecule has 27 heteroatoms. The molecule has 4 heterocycles. The second-order valence-corrected chi connectivity index (χ2v) is 29.4. The molecule has 0 aliphatic carbocycles. The van der Waals surface area contributed by atoms with E-state index in [4.69, 9.17) is 29.8 Å². The number of hydrogen-bond donors (Lipinski definition) is 7. The quantitative estimate of drug-likeness (QED) is 0.0107. The molecule has 0 unspecified atom stereocenters. The van der Waals surface area contributed by atoms with Crippen molar-refractivity contribution in [3.8, 4) is 20.9 Å². The number of carbonyl (C=O) groups excluding carboxylic acids is 6. The van der Waals surface area contributed by atoms with Gasteiger partial charge in [-0.3, -0.25) is 33.6 Å². The molecular formula is C71H113BrI2N8O14S2. The molecule has 22 nitrogen and oxygen atoms in total. The smallest absolute Gasteiger partial charge is 0.308 e. The Morgan fingerprint density at radius 1 is 0.622 bits per heavy atom. The highest BCUT2D eigenvalue weighted by Crippen LogP contribution is 2.31. The molecule has 2 saturated heterocycles. The minimum Gasteiger partial charge on any atom is -0.481 e. The number of aliphatic hydroxyl groups excluding tert-OH is 2. The number of carboxylic acid groups (broad SMARTS) is 1. The summed E-state index contributed by atoms with van der Waals surface area (Å²) in [5.74, 6) is -2.38. The number of rotatable bonds is 31. The molecule has 0 saturated carbocycles. The van der Waals surface area contributed by atoms with Gasteiger partial charge in [-0.1, -0.05) is 134 Å². The molecule has 2 aliphatic heterocycles. The lowest BCUT2D eigenvalue weighted by molar-refractivity contribution is -0.156. The van der Waals surface area contributed by atoms with Gasteiger partial charge in [-0.05, 0) is 106 Å². The number of aromatic nitrogens is 2. The average Bonchev–Trinajstić information content (AvgIpc) is 1.63. The number of nitrogens with one attached hydrogen (secondary N) is 3. The molecule has 2 aliphatic rings. The number of nitrogens with zero attached hydrogens (tertiary/aromatic N) is 4. The van der Waals surface area contributed by atoms with E-state index in [1.807, 2.05) is 136 Å². The lowest BCUT2D eigenvalue weighted by Gasteiger charge is -2.35. The lowest BCUT2D eigenvalue weighted by atomic mass is 9.85. The number of carbonyl (C=O) groups is 7. The Hall–Kier alpha value is -4.31. The monoisotopic (exact) mass is 1700 g/mol. The molecule has 6 rings (SSSR count). The first kappa shape index (κ1) is 91.7. The summed E-state index contributed by atoms with van der Waals surface area (Å²) in [4.78, 5) is 100. The van der Waals surface area contributed by atoms with Gasteiger partial charge in [-0.25, -0.2) is 9.97 Å². The highest BCUT2D eigenvalue weighted by atomic mass is 128. The predicted octanol–water partition coefficient (Wildman–Crippen LogP) is 12.5. The van der Waals surface area contributed by atoms with Crippen molar-refractivity contribution in [1.82, 2.24) is 35.7 Å². The third kappa shape index (κ3) is 35.5. The molecule has 0 bridgehead atoms. The fourth-order valence-electron chi connectivity index (χ4n) is 9.80. The molecule has 554 valence electrons. The van der Waals surface area contributed by atoms with E-state index in [1.165, 1.54) is 9.80 Å². The van der Waals surface area contributed by atoms with Gasteiger partial charge in [0.15, 0.2) is 0 Å². The minimum atomic E-state index is -0.820. The van der Waals surface area contributed by atoms with Crippen LogP contribution in [0.4, 0.5) is 0 Å². The van der Waals surface area contributed by atoms with E-state index in [1.54, 1.807) is 22.7 Å². The van der Waals surface area contributed by atoms with Crippen molar-refractivity contribution >= 4 is 117 Å². The van der Waals surface area contributed by atoms with Crippen molar-refractivity contribution < 1.29 is 67.8 Å². The van der Waals surface area contributed by atoms with Gasteiger partial charge in [0.1, 0.15) is 23.7 Å². The number of amides is 5. The number of ether oxygens (including phenoxy) is 4. The van der Waals surface area contributed by atoms with Crippen molar-refractivity contribution in [3.05, 3.63) is 82.1 Å². The molecule has 2 fully saturated rings. The Labute approximate surface area is 623 Å². The van der Waals surface area contributed by atoms with Gasteiger partial charge >= 0.3 is 11.9 Å². The first-order chi connectivity index (χ1) is 45.8. The minimum absolute atomic E-state index is 0. The third-order valence-electron chi connectivity index (χ3n) is 15.2. The number of β-amino-alcohol motifs (C(OH)–C–C–N with tert-alkyl or cyclic N) is 2. The zero-order chi connectivity index (χ0) is 72.9. The number of thiazole rings is 2. The lowest BCUT2D eigenvalue weighted by Crippen LogP contribution is -2.57. The van der Waals surface area contributed by atoms with Crippen LogP contribution in [0.3, 0.4) is 0 Å². The number of aliphatic carboxylic acids is 1. The Balaban J connectivity index is 0.000000722. The highest BCUT2D eigenvalue weighted by Gasteiger charge is 2.45. The summed E-state index contributed by atoms with van der Waals surface area (Å²) >= 11 is 10.7. The summed E-state index contributed by atoms with van der Waals surface area (Å²) in [6.07, 6.45) is 5.95. The third-order valence-corrected chi connectivity index (χ3v) is 17.4. The summed E-state index contributed by atoms with van der Waals surface area (Å²) in [5.41, 5.74) is 14.4. The number of aryl methyl sites for hydroxylation is 2. The van der Waals surface area contributed by atoms with Crippen LogP contribution in [-0.2, 0) is 65.6 Å². The number of carboxylic acids is 1. The Morgan fingerprint density at radius 3 is 1.46 bits per heavy atom. The molecule has 98 heavy (non-hydrogen) atoms.